The van der Waals surface area contributed by atoms with Crippen molar-refractivity contribution in [1.29, 1.82) is 0 Å². The molecule has 1 fully saturated rings. The van der Waals surface area contributed by atoms with Crippen LogP contribution in [0.4, 0.5) is 0 Å². The van der Waals surface area contributed by atoms with Crippen molar-refractivity contribution in [2.45, 2.75) is 51.5 Å². The summed E-state index contributed by atoms with van der Waals surface area (Å²) < 4.78 is 1.05. The molecule has 2 rings (SSSR count). The van der Waals surface area contributed by atoms with Gasteiger partial charge >= 0.3 is 0 Å². The number of hydrogen-bond acceptors (Lipinski definition) is 1. The Morgan fingerprint density at radius 1 is 1.24 bits per heavy atom. The smallest absolute Gasteiger partial charge is 0.244 e. The Kier molecular flexibility index (Phi) is 6.50. The predicted octanol–water partition coefficient (Wildman–Crippen LogP) is 4.94. The second-order valence-corrected chi connectivity index (χ2v) is 6.82. The lowest BCUT2D eigenvalue weighted by molar-refractivity contribution is -0.117. The number of benzene rings is 1. The quantitative estimate of drug-likeness (QED) is 0.749. The summed E-state index contributed by atoms with van der Waals surface area (Å²) in [5.41, 5.74) is 1.04. The Morgan fingerprint density at radius 3 is 2.52 bits per heavy atom. The molecule has 0 unspecified atom stereocenters. The molecular weight excluding hydrogens is 326 g/mol. The van der Waals surface area contributed by atoms with E-state index in [0.717, 1.165) is 28.8 Å². The molecule has 0 bridgehead atoms. The summed E-state index contributed by atoms with van der Waals surface area (Å²) in [5, 5.41) is 3.13. The molecule has 1 saturated carbocycles. The highest BCUT2D eigenvalue weighted by atomic mass is 79.9. The molecule has 0 saturated heterocycles. The molecule has 1 aromatic rings. The Bertz CT molecular complexity index is 472. The molecule has 0 aromatic heterocycles. The van der Waals surface area contributed by atoms with Crippen LogP contribution in [0.1, 0.15) is 51.0 Å². The van der Waals surface area contributed by atoms with Crippen molar-refractivity contribution >= 4 is 27.9 Å². The number of hydrogen-bond donors (Lipinski definition) is 1. The summed E-state index contributed by atoms with van der Waals surface area (Å²) in [6.45, 7) is 2.25. The maximum absolute atomic E-state index is 12.0. The van der Waals surface area contributed by atoms with Gasteiger partial charge in [0.05, 0.1) is 0 Å². The van der Waals surface area contributed by atoms with E-state index in [-0.39, 0.29) is 5.91 Å². The van der Waals surface area contributed by atoms with Crippen molar-refractivity contribution in [2.24, 2.45) is 5.92 Å². The van der Waals surface area contributed by atoms with E-state index >= 15 is 0 Å². The van der Waals surface area contributed by atoms with E-state index in [9.17, 15) is 4.79 Å². The van der Waals surface area contributed by atoms with Gasteiger partial charge in [-0.15, -0.1) is 0 Å². The average Bonchev–Trinajstić information content (AvgIpc) is 2.49. The molecule has 2 nitrogen and oxygen atoms in total. The van der Waals surface area contributed by atoms with Crippen LogP contribution >= 0.6 is 15.9 Å². The minimum Gasteiger partial charge on any atom is -0.350 e. The first-order valence-corrected chi connectivity index (χ1v) is 8.71. The molecule has 114 valence electrons. The van der Waals surface area contributed by atoms with Gasteiger partial charge in [0.15, 0.2) is 0 Å². The van der Waals surface area contributed by atoms with E-state index < -0.39 is 0 Å². The van der Waals surface area contributed by atoms with E-state index in [1.807, 2.05) is 30.3 Å². The van der Waals surface area contributed by atoms with Crippen LogP contribution in [-0.2, 0) is 4.79 Å². The van der Waals surface area contributed by atoms with Gasteiger partial charge < -0.3 is 5.32 Å². The number of nitrogens with one attached hydrogen (secondary N) is 1. The summed E-state index contributed by atoms with van der Waals surface area (Å²) in [6, 6.07) is 8.30. The highest BCUT2D eigenvalue weighted by molar-refractivity contribution is 9.10. The number of halogens is 1. The first-order chi connectivity index (χ1) is 10.2. The molecule has 0 heterocycles. The van der Waals surface area contributed by atoms with Crippen molar-refractivity contribution in [3.63, 3.8) is 0 Å². The summed E-state index contributed by atoms with van der Waals surface area (Å²) >= 11 is 3.40. The van der Waals surface area contributed by atoms with Gasteiger partial charge in [-0.2, -0.15) is 0 Å². The standard InChI is InChI=1S/C18H24BrNO/c1-2-3-14-6-11-17(12-7-14)20-18(21)13-8-15-4-9-16(19)10-5-15/h4-5,8-10,13-14,17H,2-3,6-7,11-12H2,1H3,(H,20,21)/b13-8+. The Labute approximate surface area is 136 Å². The van der Waals surface area contributed by atoms with Crippen molar-refractivity contribution in [3.05, 3.63) is 40.4 Å². The van der Waals surface area contributed by atoms with Crippen molar-refractivity contribution in [1.82, 2.24) is 5.32 Å². The zero-order valence-electron chi connectivity index (χ0n) is 12.6. The third kappa shape index (κ3) is 5.66. The fourth-order valence-electron chi connectivity index (χ4n) is 3.00. The second-order valence-electron chi connectivity index (χ2n) is 5.90. The SMILES string of the molecule is CCCC1CCC(NC(=O)/C=C/c2ccc(Br)cc2)CC1. The van der Waals surface area contributed by atoms with Crippen LogP contribution in [0.15, 0.2) is 34.8 Å². The van der Waals surface area contributed by atoms with Gasteiger partial charge in [0.25, 0.3) is 0 Å². The first kappa shape index (κ1) is 16.3. The molecule has 0 aliphatic heterocycles. The van der Waals surface area contributed by atoms with E-state index in [2.05, 4.69) is 28.2 Å². The highest BCUT2D eigenvalue weighted by Crippen LogP contribution is 2.27. The molecule has 0 radical (unpaired) electrons. The van der Waals surface area contributed by atoms with Crippen LogP contribution in [0.2, 0.25) is 0 Å². The van der Waals surface area contributed by atoms with Crippen molar-refractivity contribution < 1.29 is 4.79 Å². The summed E-state index contributed by atoms with van der Waals surface area (Å²) in [4.78, 5) is 12.0. The van der Waals surface area contributed by atoms with Gasteiger partial charge in [0, 0.05) is 16.6 Å². The molecule has 0 atom stereocenters. The summed E-state index contributed by atoms with van der Waals surface area (Å²) in [6.07, 6.45) is 10.9. The zero-order valence-corrected chi connectivity index (χ0v) is 14.2. The van der Waals surface area contributed by atoms with Crippen LogP contribution in [0.3, 0.4) is 0 Å². The van der Waals surface area contributed by atoms with Gasteiger partial charge in [0.2, 0.25) is 5.91 Å². The fourth-order valence-corrected chi connectivity index (χ4v) is 3.26. The Morgan fingerprint density at radius 2 is 1.90 bits per heavy atom. The number of rotatable bonds is 5. The fraction of sp³-hybridized carbons (Fsp3) is 0.500. The molecule has 1 N–H and O–H groups in total. The van der Waals surface area contributed by atoms with Crippen molar-refractivity contribution in [3.8, 4) is 0 Å². The predicted molar refractivity (Wildman–Crippen MR) is 92.0 cm³/mol. The summed E-state index contributed by atoms with van der Waals surface area (Å²) in [5.74, 6) is 0.901. The van der Waals surface area contributed by atoms with Gasteiger partial charge in [-0.25, -0.2) is 0 Å². The Balaban J connectivity index is 1.76. The molecule has 1 aliphatic rings. The molecule has 0 spiro atoms. The highest BCUT2D eigenvalue weighted by Gasteiger charge is 2.20. The molecule has 21 heavy (non-hydrogen) atoms. The number of carbonyl (C=O) groups is 1. The minimum absolute atomic E-state index is 0.0249. The maximum Gasteiger partial charge on any atom is 0.244 e. The molecule has 1 amide bonds. The molecule has 3 heteroatoms. The normalized spacial score (nSPS) is 22.4. The molecular formula is C18H24BrNO. The largest absolute Gasteiger partial charge is 0.350 e. The topological polar surface area (TPSA) is 29.1 Å². The van der Waals surface area contributed by atoms with Crippen LogP contribution in [0.5, 0.6) is 0 Å². The van der Waals surface area contributed by atoms with E-state index in [0.29, 0.717) is 6.04 Å². The number of amides is 1. The van der Waals surface area contributed by atoms with Gasteiger partial charge in [0.1, 0.15) is 0 Å². The average molecular weight is 350 g/mol. The minimum atomic E-state index is 0.0249. The van der Waals surface area contributed by atoms with E-state index in [1.54, 1.807) is 6.08 Å². The lowest BCUT2D eigenvalue weighted by Crippen LogP contribution is -2.36. The Hall–Kier alpha value is -1.09. The third-order valence-electron chi connectivity index (χ3n) is 4.19. The summed E-state index contributed by atoms with van der Waals surface area (Å²) in [7, 11) is 0. The van der Waals surface area contributed by atoms with Gasteiger partial charge in [-0.05, 0) is 55.4 Å². The van der Waals surface area contributed by atoms with E-state index in [1.165, 1.54) is 25.7 Å². The first-order valence-electron chi connectivity index (χ1n) is 7.91. The zero-order chi connectivity index (χ0) is 15.1. The van der Waals surface area contributed by atoms with Crippen LogP contribution in [-0.4, -0.2) is 11.9 Å². The van der Waals surface area contributed by atoms with Crippen LogP contribution in [0, 0.1) is 5.92 Å². The lowest BCUT2D eigenvalue weighted by Gasteiger charge is -2.28. The molecule has 1 aromatic carbocycles. The van der Waals surface area contributed by atoms with E-state index in [4.69, 9.17) is 0 Å². The van der Waals surface area contributed by atoms with Gasteiger partial charge in [-0.3, -0.25) is 4.79 Å². The van der Waals surface area contributed by atoms with Crippen molar-refractivity contribution in [2.75, 3.05) is 0 Å². The van der Waals surface area contributed by atoms with Crippen LogP contribution in [0.25, 0.3) is 6.08 Å². The monoisotopic (exact) mass is 349 g/mol. The molecule has 1 aliphatic carbocycles. The maximum atomic E-state index is 12.0. The third-order valence-corrected chi connectivity index (χ3v) is 4.72. The second kappa shape index (κ2) is 8.38. The number of carbonyl (C=O) groups excluding carboxylic acids is 1. The van der Waals surface area contributed by atoms with Crippen LogP contribution < -0.4 is 5.32 Å². The lowest BCUT2D eigenvalue weighted by atomic mass is 9.83. The van der Waals surface area contributed by atoms with Gasteiger partial charge in [-0.1, -0.05) is 47.8 Å².